The molecule has 0 aromatic carbocycles. The molecular formula is C16H33N3O. The molecule has 2 atom stereocenters. The number of likely N-dealkylation sites (N-methyl/N-ethyl adjacent to an activating group) is 1. The highest BCUT2D eigenvalue weighted by molar-refractivity contribution is 4.99. The molecule has 0 aromatic heterocycles. The fraction of sp³-hybridized carbons (Fsp3) is 1.00. The van der Waals surface area contributed by atoms with Gasteiger partial charge in [-0.1, -0.05) is 6.92 Å². The monoisotopic (exact) mass is 283 g/mol. The van der Waals surface area contributed by atoms with Crippen molar-refractivity contribution in [2.75, 3.05) is 46.9 Å². The summed E-state index contributed by atoms with van der Waals surface area (Å²) in [6, 6.07) is 0.682. The summed E-state index contributed by atoms with van der Waals surface area (Å²) in [6.07, 6.45) is 6.16. The third-order valence-corrected chi connectivity index (χ3v) is 5.23. The van der Waals surface area contributed by atoms with Gasteiger partial charge in [-0.05, 0) is 71.8 Å². The minimum absolute atomic E-state index is 0.0000977. The van der Waals surface area contributed by atoms with E-state index < -0.39 is 0 Å². The largest absolute Gasteiger partial charge is 0.394 e. The van der Waals surface area contributed by atoms with Crippen molar-refractivity contribution in [2.45, 2.75) is 50.6 Å². The summed E-state index contributed by atoms with van der Waals surface area (Å²) in [7, 11) is 4.35. The van der Waals surface area contributed by atoms with Crippen LogP contribution in [0, 0.1) is 5.92 Å². The number of likely N-dealkylation sites (tertiary alicyclic amines) is 1. The molecule has 4 nitrogen and oxygen atoms in total. The van der Waals surface area contributed by atoms with Crippen LogP contribution < -0.4 is 5.32 Å². The Balaban J connectivity index is 1.80. The number of nitrogens with one attached hydrogen (secondary N) is 1. The molecule has 2 rings (SSSR count). The number of aliphatic hydroxyl groups is 1. The molecule has 0 amide bonds. The minimum Gasteiger partial charge on any atom is -0.394 e. The molecule has 2 fully saturated rings. The lowest BCUT2D eigenvalue weighted by molar-refractivity contribution is 0.107. The second kappa shape index (κ2) is 7.21. The Bertz CT molecular complexity index is 289. The first-order valence-electron chi connectivity index (χ1n) is 8.33. The zero-order valence-electron chi connectivity index (χ0n) is 13.6. The highest BCUT2D eigenvalue weighted by Crippen LogP contribution is 2.34. The van der Waals surface area contributed by atoms with Gasteiger partial charge in [0.25, 0.3) is 0 Å². The number of piperidine rings is 1. The van der Waals surface area contributed by atoms with Crippen LogP contribution in [-0.2, 0) is 0 Å². The van der Waals surface area contributed by atoms with Crippen LogP contribution in [0.25, 0.3) is 0 Å². The molecule has 0 spiro atoms. The van der Waals surface area contributed by atoms with E-state index in [1.54, 1.807) is 0 Å². The summed E-state index contributed by atoms with van der Waals surface area (Å²) in [5, 5.41) is 13.2. The van der Waals surface area contributed by atoms with E-state index in [1.807, 2.05) is 0 Å². The quantitative estimate of drug-likeness (QED) is 0.767. The van der Waals surface area contributed by atoms with Gasteiger partial charge in [0.05, 0.1) is 6.61 Å². The first-order chi connectivity index (χ1) is 9.58. The zero-order valence-corrected chi connectivity index (χ0v) is 13.6. The van der Waals surface area contributed by atoms with Crippen molar-refractivity contribution < 1.29 is 5.11 Å². The SMILES string of the molecule is CCNC1(CO)CCC(N2CCC(CN(C)C)CC2)C1. The Morgan fingerprint density at radius 1 is 1.25 bits per heavy atom. The van der Waals surface area contributed by atoms with Crippen LogP contribution in [0.3, 0.4) is 0 Å². The Labute approximate surface area is 124 Å². The Hall–Kier alpha value is -0.160. The van der Waals surface area contributed by atoms with Gasteiger partial charge in [-0.15, -0.1) is 0 Å². The smallest absolute Gasteiger partial charge is 0.0613 e. The molecule has 118 valence electrons. The van der Waals surface area contributed by atoms with E-state index in [1.165, 1.54) is 38.9 Å². The van der Waals surface area contributed by atoms with Crippen molar-refractivity contribution in [1.82, 2.24) is 15.1 Å². The molecule has 1 saturated carbocycles. The highest BCUT2D eigenvalue weighted by atomic mass is 16.3. The molecule has 1 aliphatic heterocycles. The van der Waals surface area contributed by atoms with Gasteiger partial charge in [0.2, 0.25) is 0 Å². The summed E-state index contributed by atoms with van der Waals surface area (Å²) in [5.74, 6) is 0.874. The molecule has 1 aliphatic carbocycles. The van der Waals surface area contributed by atoms with Crippen LogP contribution in [0.4, 0.5) is 0 Å². The minimum atomic E-state index is -0.0000977. The molecule has 1 saturated heterocycles. The van der Waals surface area contributed by atoms with E-state index in [0.717, 1.165) is 25.3 Å². The topological polar surface area (TPSA) is 38.7 Å². The lowest BCUT2D eigenvalue weighted by Crippen LogP contribution is -2.49. The predicted octanol–water partition coefficient (Wildman–Crippen LogP) is 1.15. The second-order valence-electron chi connectivity index (χ2n) is 7.11. The molecular weight excluding hydrogens is 250 g/mol. The molecule has 0 bridgehead atoms. The summed E-state index contributed by atoms with van der Waals surface area (Å²) in [6.45, 7) is 7.11. The van der Waals surface area contributed by atoms with Gasteiger partial charge in [0.15, 0.2) is 0 Å². The normalized spacial score (nSPS) is 33.1. The van der Waals surface area contributed by atoms with Crippen LogP contribution in [0.1, 0.15) is 39.0 Å². The Morgan fingerprint density at radius 3 is 2.50 bits per heavy atom. The van der Waals surface area contributed by atoms with Crippen LogP contribution >= 0.6 is 0 Å². The molecule has 2 aliphatic rings. The molecule has 4 heteroatoms. The number of aliphatic hydroxyl groups excluding tert-OH is 1. The van der Waals surface area contributed by atoms with E-state index in [0.29, 0.717) is 6.04 Å². The van der Waals surface area contributed by atoms with Gasteiger partial charge < -0.3 is 20.2 Å². The van der Waals surface area contributed by atoms with Gasteiger partial charge in [-0.2, -0.15) is 0 Å². The average molecular weight is 283 g/mol. The second-order valence-corrected chi connectivity index (χ2v) is 7.11. The molecule has 20 heavy (non-hydrogen) atoms. The molecule has 1 heterocycles. The first kappa shape index (κ1) is 16.2. The van der Waals surface area contributed by atoms with Crippen LogP contribution in [0.15, 0.2) is 0 Å². The standard InChI is InChI=1S/C16H33N3O/c1-4-17-16(13-20)8-5-15(11-16)19-9-6-14(7-10-19)12-18(2)3/h14-15,17,20H,4-13H2,1-3H3. The van der Waals surface area contributed by atoms with Crippen molar-refractivity contribution in [3.05, 3.63) is 0 Å². The fourth-order valence-electron chi connectivity index (χ4n) is 4.16. The molecule has 2 N–H and O–H groups in total. The van der Waals surface area contributed by atoms with Crippen LogP contribution in [0.5, 0.6) is 0 Å². The van der Waals surface area contributed by atoms with Gasteiger partial charge in [-0.25, -0.2) is 0 Å². The average Bonchev–Trinajstić information content (AvgIpc) is 2.84. The van der Waals surface area contributed by atoms with Crippen molar-refractivity contribution >= 4 is 0 Å². The summed E-state index contributed by atoms with van der Waals surface area (Å²) in [4.78, 5) is 5.00. The Morgan fingerprint density at radius 2 is 1.95 bits per heavy atom. The van der Waals surface area contributed by atoms with E-state index in [4.69, 9.17) is 0 Å². The van der Waals surface area contributed by atoms with Crippen LogP contribution in [-0.4, -0.2) is 73.4 Å². The van der Waals surface area contributed by atoms with E-state index in [9.17, 15) is 5.11 Å². The van der Waals surface area contributed by atoms with E-state index >= 15 is 0 Å². The number of hydrogen-bond acceptors (Lipinski definition) is 4. The van der Waals surface area contributed by atoms with Crippen LogP contribution in [0.2, 0.25) is 0 Å². The van der Waals surface area contributed by atoms with E-state index in [2.05, 4.69) is 36.1 Å². The third-order valence-electron chi connectivity index (χ3n) is 5.23. The highest BCUT2D eigenvalue weighted by Gasteiger charge is 2.40. The van der Waals surface area contributed by atoms with Gasteiger partial charge >= 0.3 is 0 Å². The maximum Gasteiger partial charge on any atom is 0.0613 e. The van der Waals surface area contributed by atoms with Crippen molar-refractivity contribution in [2.24, 2.45) is 5.92 Å². The van der Waals surface area contributed by atoms with Crippen molar-refractivity contribution in [3.63, 3.8) is 0 Å². The number of rotatable bonds is 6. The van der Waals surface area contributed by atoms with E-state index in [-0.39, 0.29) is 12.1 Å². The number of hydrogen-bond donors (Lipinski definition) is 2. The van der Waals surface area contributed by atoms with Gasteiger partial charge in [-0.3, -0.25) is 0 Å². The summed E-state index contributed by atoms with van der Waals surface area (Å²) in [5.41, 5.74) is -0.0000977. The summed E-state index contributed by atoms with van der Waals surface area (Å²) < 4.78 is 0. The zero-order chi connectivity index (χ0) is 14.6. The summed E-state index contributed by atoms with van der Waals surface area (Å²) >= 11 is 0. The van der Waals surface area contributed by atoms with Gasteiger partial charge in [0, 0.05) is 18.1 Å². The lowest BCUT2D eigenvalue weighted by atomic mass is 9.94. The molecule has 0 aromatic rings. The maximum atomic E-state index is 9.72. The first-order valence-corrected chi connectivity index (χ1v) is 8.33. The fourth-order valence-corrected chi connectivity index (χ4v) is 4.16. The molecule has 0 radical (unpaired) electrons. The maximum absolute atomic E-state index is 9.72. The van der Waals surface area contributed by atoms with Crippen molar-refractivity contribution in [3.8, 4) is 0 Å². The lowest BCUT2D eigenvalue weighted by Gasteiger charge is -2.38. The molecule has 2 unspecified atom stereocenters. The number of nitrogens with zero attached hydrogens (tertiary/aromatic N) is 2. The predicted molar refractivity (Wildman–Crippen MR) is 84.0 cm³/mol. The van der Waals surface area contributed by atoms with Gasteiger partial charge in [0.1, 0.15) is 0 Å². The van der Waals surface area contributed by atoms with Crippen molar-refractivity contribution in [1.29, 1.82) is 0 Å². The third kappa shape index (κ3) is 3.94. The Kier molecular flexibility index (Phi) is 5.84.